The van der Waals surface area contributed by atoms with Crippen molar-refractivity contribution in [1.29, 1.82) is 0 Å². The molecule has 1 amide bonds. The van der Waals surface area contributed by atoms with E-state index in [0.717, 1.165) is 23.6 Å². The summed E-state index contributed by atoms with van der Waals surface area (Å²) in [4.78, 5) is 18.5. The largest absolute Gasteiger partial charge is 0.393 e. The highest BCUT2D eigenvalue weighted by Crippen LogP contribution is 2.28. The van der Waals surface area contributed by atoms with Gasteiger partial charge in [-0.1, -0.05) is 24.3 Å². The van der Waals surface area contributed by atoms with Gasteiger partial charge in [-0.25, -0.2) is 0 Å². The highest BCUT2D eigenvalue weighted by Gasteiger charge is 2.29. The number of fused-ring (bicyclic) bond motifs is 1. The van der Waals surface area contributed by atoms with Crippen LogP contribution in [0, 0.1) is 5.92 Å². The average Bonchev–Trinajstić information content (AvgIpc) is 2.44. The van der Waals surface area contributed by atoms with Crippen LogP contribution in [0.3, 0.4) is 0 Å². The lowest BCUT2D eigenvalue weighted by Crippen LogP contribution is -2.39. The normalized spacial score (nSPS) is 21.5. The maximum atomic E-state index is 12.5. The third-order valence-electron chi connectivity index (χ3n) is 3.97. The van der Waals surface area contributed by atoms with Gasteiger partial charge in [0.1, 0.15) is 5.69 Å². The van der Waals surface area contributed by atoms with E-state index in [9.17, 15) is 9.90 Å². The molecular weight excluding hydrogens is 252 g/mol. The van der Waals surface area contributed by atoms with E-state index in [4.69, 9.17) is 0 Å². The van der Waals surface area contributed by atoms with E-state index in [-0.39, 0.29) is 12.0 Å². The summed E-state index contributed by atoms with van der Waals surface area (Å²) in [7, 11) is 1.80. The monoisotopic (exact) mass is 270 g/mol. The Kier molecular flexibility index (Phi) is 3.40. The molecule has 1 aromatic heterocycles. The molecule has 2 aromatic rings. The number of hydrogen-bond acceptors (Lipinski definition) is 3. The number of carbonyl (C=O) groups excluding carboxylic acids is 1. The Morgan fingerprint density at radius 3 is 2.85 bits per heavy atom. The van der Waals surface area contributed by atoms with Gasteiger partial charge in [0.05, 0.1) is 6.10 Å². The van der Waals surface area contributed by atoms with Gasteiger partial charge in [-0.15, -0.1) is 0 Å². The molecule has 0 atom stereocenters. The Bertz CT molecular complexity index is 630. The van der Waals surface area contributed by atoms with Crippen LogP contribution in [0.25, 0.3) is 10.8 Å². The molecule has 1 aliphatic rings. The summed E-state index contributed by atoms with van der Waals surface area (Å²) < 4.78 is 0. The Morgan fingerprint density at radius 2 is 2.10 bits per heavy atom. The number of hydrogen-bond donors (Lipinski definition) is 1. The molecule has 4 heteroatoms. The van der Waals surface area contributed by atoms with Gasteiger partial charge in [-0.2, -0.15) is 0 Å². The lowest BCUT2D eigenvalue weighted by atomic mass is 9.82. The fraction of sp³-hybridized carbons (Fsp3) is 0.375. The van der Waals surface area contributed by atoms with E-state index in [0.29, 0.717) is 18.2 Å². The predicted molar refractivity (Wildman–Crippen MR) is 77.4 cm³/mol. The molecule has 1 saturated carbocycles. The summed E-state index contributed by atoms with van der Waals surface area (Å²) >= 11 is 0. The Morgan fingerprint density at radius 1 is 1.35 bits per heavy atom. The highest BCUT2D eigenvalue weighted by atomic mass is 16.3. The van der Waals surface area contributed by atoms with Crippen LogP contribution in [-0.2, 0) is 0 Å². The fourth-order valence-corrected chi connectivity index (χ4v) is 2.79. The van der Waals surface area contributed by atoms with Gasteiger partial charge in [-0.3, -0.25) is 9.78 Å². The first-order chi connectivity index (χ1) is 9.65. The number of carbonyl (C=O) groups is 1. The average molecular weight is 270 g/mol. The minimum absolute atomic E-state index is 0.0526. The van der Waals surface area contributed by atoms with E-state index in [2.05, 4.69) is 4.98 Å². The van der Waals surface area contributed by atoms with Crippen molar-refractivity contribution in [3.05, 3.63) is 42.2 Å². The van der Waals surface area contributed by atoms with Gasteiger partial charge in [-0.05, 0) is 30.2 Å². The van der Waals surface area contributed by atoms with Gasteiger partial charge >= 0.3 is 0 Å². The number of aliphatic hydroxyl groups is 1. The highest BCUT2D eigenvalue weighted by molar-refractivity contribution is 6.05. The maximum absolute atomic E-state index is 12.5. The number of aromatic nitrogens is 1. The zero-order valence-corrected chi connectivity index (χ0v) is 11.5. The van der Waals surface area contributed by atoms with Crippen LogP contribution >= 0.6 is 0 Å². The molecule has 1 fully saturated rings. The van der Waals surface area contributed by atoms with Crippen LogP contribution in [0.4, 0.5) is 0 Å². The van der Waals surface area contributed by atoms with Crippen LogP contribution < -0.4 is 0 Å². The van der Waals surface area contributed by atoms with E-state index in [1.165, 1.54) is 0 Å². The summed E-state index contributed by atoms with van der Waals surface area (Å²) in [5.41, 5.74) is 0.505. The first kappa shape index (κ1) is 13.1. The summed E-state index contributed by atoms with van der Waals surface area (Å²) in [6.07, 6.45) is 3.08. The van der Waals surface area contributed by atoms with Crippen molar-refractivity contribution in [2.45, 2.75) is 18.9 Å². The van der Waals surface area contributed by atoms with Gasteiger partial charge in [0, 0.05) is 25.2 Å². The van der Waals surface area contributed by atoms with Crippen LogP contribution in [0.5, 0.6) is 0 Å². The van der Waals surface area contributed by atoms with Crippen molar-refractivity contribution >= 4 is 16.7 Å². The summed E-state index contributed by atoms with van der Waals surface area (Å²) in [6, 6.07) is 9.69. The molecular formula is C16H18N2O2. The van der Waals surface area contributed by atoms with Crippen LogP contribution in [-0.4, -0.2) is 40.6 Å². The third kappa shape index (κ3) is 2.39. The van der Waals surface area contributed by atoms with Crippen molar-refractivity contribution in [1.82, 2.24) is 9.88 Å². The van der Waals surface area contributed by atoms with Crippen LogP contribution in [0.2, 0.25) is 0 Å². The Balaban J connectivity index is 1.81. The van der Waals surface area contributed by atoms with E-state index < -0.39 is 0 Å². The van der Waals surface area contributed by atoms with Crippen molar-refractivity contribution < 1.29 is 9.90 Å². The summed E-state index contributed by atoms with van der Waals surface area (Å²) in [6.45, 7) is 0.681. The molecule has 3 rings (SSSR count). The van der Waals surface area contributed by atoms with Gasteiger partial charge in [0.15, 0.2) is 0 Å². The van der Waals surface area contributed by atoms with Gasteiger partial charge in [0.25, 0.3) is 5.91 Å². The second-order valence-electron chi connectivity index (χ2n) is 5.56. The first-order valence-electron chi connectivity index (χ1n) is 6.92. The standard InChI is InChI=1S/C16H18N2O2/c1-18(10-11-8-13(19)9-11)16(20)15-14-5-3-2-4-12(14)6-7-17-15/h2-7,11,13,19H,8-10H2,1H3. The fourth-order valence-electron chi connectivity index (χ4n) is 2.79. The van der Waals surface area contributed by atoms with Crippen molar-refractivity contribution in [3.8, 4) is 0 Å². The SMILES string of the molecule is CN(CC1CC(O)C1)C(=O)c1nccc2ccccc12. The number of amides is 1. The van der Waals surface area contributed by atoms with Gasteiger partial charge in [0.2, 0.25) is 0 Å². The molecule has 0 saturated heterocycles. The topological polar surface area (TPSA) is 53.4 Å². The number of benzene rings is 1. The van der Waals surface area contributed by atoms with E-state index in [1.807, 2.05) is 30.3 Å². The molecule has 104 valence electrons. The molecule has 4 nitrogen and oxygen atoms in total. The van der Waals surface area contributed by atoms with Crippen LogP contribution in [0.1, 0.15) is 23.3 Å². The molecule has 0 bridgehead atoms. The van der Waals surface area contributed by atoms with Crippen LogP contribution in [0.15, 0.2) is 36.5 Å². The number of rotatable bonds is 3. The van der Waals surface area contributed by atoms with Crippen molar-refractivity contribution in [2.75, 3.05) is 13.6 Å². The Hall–Kier alpha value is -1.94. The van der Waals surface area contributed by atoms with E-state index in [1.54, 1.807) is 18.1 Å². The first-order valence-corrected chi connectivity index (χ1v) is 6.92. The molecule has 1 N–H and O–H groups in total. The zero-order chi connectivity index (χ0) is 14.1. The van der Waals surface area contributed by atoms with Gasteiger partial charge < -0.3 is 10.0 Å². The predicted octanol–water partition coefficient (Wildman–Crippen LogP) is 2.08. The summed E-state index contributed by atoms with van der Waals surface area (Å²) in [5, 5.41) is 11.2. The quantitative estimate of drug-likeness (QED) is 0.929. The molecule has 0 aliphatic heterocycles. The van der Waals surface area contributed by atoms with Crippen molar-refractivity contribution in [3.63, 3.8) is 0 Å². The maximum Gasteiger partial charge on any atom is 0.272 e. The second kappa shape index (κ2) is 5.21. The molecule has 0 spiro atoms. The van der Waals surface area contributed by atoms with Crippen molar-refractivity contribution in [2.24, 2.45) is 5.92 Å². The number of nitrogens with zero attached hydrogens (tertiary/aromatic N) is 2. The molecule has 1 aromatic carbocycles. The number of pyridine rings is 1. The smallest absolute Gasteiger partial charge is 0.272 e. The minimum Gasteiger partial charge on any atom is -0.393 e. The second-order valence-corrected chi connectivity index (χ2v) is 5.56. The molecule has 0 radical (unpaired) electrons. The third-order valence-corrected chi connectivity index (χ3v) is 3.97. The Labute approximate surface area is 118 Å². The summed E-state index contributed by atoms with van der Waals surface area (Å²) in [5.74, 6) is 0.358. The molecule has 1 aliphatic carbocycles. The lowest BCUT2D eigenvalue weighted by molar-refractivity contribution is 0.0264. The van der Waals surface area contributed by atoms with E-state index >= 15 is 0 Å². The number of aliphatic hydroxyl groups excluding tert-OH is 1. The lowest BCUT2D eigenvalue weighted by Gasteiger charge is -2.34. The zero-order valence-electron chi connectivity index (χ0n) is 11.5. The molecule has 1 heterocycles. The molecule has 0 unspecified atom stereocenters. The minimum atomic E-state index is -0.181. The molecule has 20 heavy (non-hydrogen) atoms.